The normalized spacial score (nSPS) is 13.9. The van der Waals surface area contributed by atoms with E-state index in [1.54, 1.807) is 0 Å². The summed E-state index contributed by atoms with van der Waals surface area (Å²) in [6, 6.07) is 12.1. The van der Waals surface area contributed by atoms with Crippen LogP contribution < -0.4 is 11.1 Å². The van der Waals surface area contributed by atoms with Crippen molar-refractivity contribution in [2.75, 3.05) is 5.32 Å². The summed E-state index contributed by atoms with van der Waals surface area (Å²) in [5.41, 5.74) is 5.09. The summed E-state index contributed by atoms with van der Waals surface area (Å²) in [4.78, 5) is 29.0. The molecule has 0 unspecified atom stereocenters. The molecule has 7 nitrogen and oxygen atoms in total. The minimum absolute atomic E-state index is 0.0414. The van der Waals surface area contributed by atoms with Crippen LogP contribution in [0.25, 0.3) is 10.9 Å². The lowest BCUT2D eigenvalue weighted by Gasteiger charge is -2.25. The van der Waals surface area contributed by atoms with Crippen LogP contribution in [-0.4, -0.2) is 26.6 Å². The third kappa shape index (κ3) is 4.83. The van der Waals surface area contributed by atoms with Crippen LogP contribution in [0.3, 0.4) is 0 Å². The molecule has 0 saturated heterocycles. The van der Waals surface area contributed by atoms with Crippen molar-refractivity contribution in [2.24, 2.45) is 5.73 Å². The number of halogens is 4. The van der Waals surface area contributed by atoms with Crippen molar-refractivity contribution in [3.63, 3.8) is 0 Å². The number of carbonyl (C=O) groups is 2. The number of benzene rings is 2. The largest absolute Gasteiger partial charge is 0.437 e. The lowest BCUT2D eigenvalue weighted by Crippen LogP contribution is -2.19. The zero-order valence-electron chi connectivity index (χ0n) is 20.3. The number of hydrogen-bond donors (Lipinski definition) is 2. The van der Waals surface area contributed by atoms with Gasteiger partial charge in [-0.2, -0.15) is 18.3 Å². The second-order valence-electron chi connectivity index (χ2n) is 9.37. The van der Waals surface area contributed by atoms with Gasteiger partial charge in [-0.25, -0.2) is 9.37 Å². The van der Waals surface area contributed by atoms with E-state index in [2.05, 4.69) is 15.4 Å². The van der Waals surface area contributed by atoms with E-state index < -0.39 is 40.9 Å². The maximum atomic E-state index is 13.9. The van der Waals surface area contributed by atoms with Crippen LogP contribution in [0.4, 0.5) is 23.2 Å². The Hall–Kier alpha value is -4.28. The number of aromatic nitrogens is 3. The summed E-state index contributed by atoms with van der Waals surface area (Å²) in [5, 5.41) is 6.20. The molecule has 0 aliphatic heterocycles. The van der Waals surface area contributed by atoms with E-state index in [0.29, 0.717) is 5.92 Å². The van der Waals surface area contributed by atoms with Crippen LogP contribution in [0.2, 0.25) is 0 Å². The smallest absolute Gasteiger partial charge is 0.366 e. The van der Waals surface area contributed by atoms with E-state index >= 15 is 0 Å². The van der Waals surface area contributed by atoms with Crippen LogP contribution in [0.1, 0.15) is 68.5 Å². The Morgan fingerprint density at radius 3 is 2.42 bits per heavy atom. The quantitative estimate of drug-likeness (QED) is 0.322. The molecule has 0 spiro atoms. The molecule has 4 aromatic rings. The molecule has 3 N–H and O–H groups in total. The number of nitrogens with zero attached hydrogens (tertiary/aromatic N) is 3. The maximum Gasteiger partial charge on any atom is 0.437 e. The summed E-state index contributed by atoms with van der Waals surface area (Å²) < 4.78 is 56.6. The predicted octanol–water partition coefficient (Wildman–Crippen LogP) is 5.56. The molecule has 1 aliphatic rings. The highest BCUT2D eigenvalue weighted by molar-refractivity contribution is 6.10. The molecule has 11 heteroatoms. The van der Waals surface area contributed by atoms with Gasteiger partial charge in [0.25, 0.3) is 5.91 Å². The van der Waals surface area contributed by atoms with Gasteiger partial charge in [0.15, 0.2) is 5.69 Å². The molecule has 38 heavy (non-hydrogen) atoms. The molecular formula is C27H23F4N5O2. The van der Waals surface area contributed by atoms with Gasteiger partial charge < -0.3 is 11.1 Å². The van der Waals surface area contributed by atoms with Crippen molar-refractivity contribution in [3.05, 3.63) is 88.1 Å². The summed E-state index contributed by atoms with van der Waals surface area (Å²) in [5.74, 6) is -2.07. The van der Waals surface area contributed by atoms with Crippen LogP contribution >= 0.6 is 0 Å². The Labute approximate surface area is 214 Å². The van der Waals surface area contributed by atoms with Gasteiger partial charge in [-0.1, -0.05) is 30.7 Å². The van der Waals surface area contributed by atoms with E-state index in [1.807, 2.05) is 24.3 Å². The highest BCUT2D eigenvalue weighted by Gasteiger charge is 2.39. The SMILES string of the molecule is Cc1c(NC(=O)c2cc(C(N)=O)c3ccc(F)cc3n2)c(C(F)(F)F)nn1Cc1ccc(C2CCC2)cc1. The van der Waals surface area contributed by atoms with Crippen LogP contribution in [-0.2, 0) is 12.7 Å². The van der Waals surface area contributed by atoms with E-state index in [4.69, 9.17) is 5.73 Å². The lowest BCUT2D eigenvalue weighted by atomic mass is 9.80. The van der Waals surface area contributed by atoms with Gasteiger partial charge in [-0.15, -0.1) is 0 Å². The highest BCUT2D eigenvalue weighted by Crippen LogP contribution is 2.38. The Morgan fingerprint density at radius 1 is 1.11 bits per heavy atom. The third-order valence-corrected chi connectivity index (χ3v) is 6.87. The van der Waals surface area contributed by atoms with Crippen molar-refractivity contribution in [1.82, 2.24) is 14.8 Å². The average molecular weight is 526 g/mol. The summed E-state index contributed by atoms with van der Waals surface area (Å²) in [7, 11) is 0. The van der Waals surface area contributed by atoms with Crippen LogP contribution in [0.5, 0.6) is 0 Å². The average Bonchev–Trinajstić information content (AvgIpc) is 3.13. The molecule has 1 saturated carbocycles. The fourth-order valence-corrected chi connectivity index (χ4v) is 4.56. The van der Waals surface area contributed by atoms with Crippen molar-refractivity contribution in [3.8, 4) is 0 Å². The van der Waals surface area contributed by atoms with E-state index in [1.165, 1.54) is 29.7 Å². The summed E-state index contributed by atoms with van der Waals surface area (Å²) in [6.07, 6.45) is -1.39. The number of rotatable bonds is 6. The van der Waals surface area contributed by atoms with E-state index in [0.717, 1.165) is 36.6 Å². The number of nitrogens with two attached hydrogens (primary N) is 1. The van der Waals surface area contributed by atoms with Gasteiger partial charge in [0.2, 0.25) is 5.91 Å². The van der Waals surface area contributed by atoms with Crippen molar-refractivity contribution >= 4 is 28.4 Å². The topological polar surface area (TPSA) is 103 Å². The molecule has 5 rings (SSSR count). The number of pyridine rings is 1. The lowest BCUT2D eigenvalue weighted by molar-refractivity contribution is -0.140. The van der Waals surface area contributed by atoms with Gasteiger partial charge in [0.1, 0.15) is 11.5 Å². The first kappa shape index (κ1) is 25.4. The Kier molecular flexibility index (Phi) is 6.38. The van der Waals surface area contributed by atoms with Crippen molar-refractivity contribution in [1.29, 1.82) is 0 Å². The standard InChI is InChI=1S/C27H23F4N5O2/c1-14-23(34-26(38)22-12-20(25(32)37)19-10-9-18(28)11-21(19)33-22)24(27(29,30)31)35-36(14)13-15-5-7-17(8-6-15)16-3-2-4-16/h5-12,16H,2-4,13H2,1H3,(H2,32,37)(H,34,38). The number of fused-ring (bicyclic) bond motifs is 1. The van der Waals surface area contributed by atoms with Crippen molar-refractivity contribution in [2.45, 2.75) is 44.8 Å². The molecule has 2 aromatic carbocycles. The van der Waals surface area contributed by atoms with Gasteiger partial charge in [-0.3, -0.25) is 14.3 Å². The number of amides is 2. The van der Waals surface area contributed by atoms with E-state index in [-0.39, 0.29) is 28.7 Å². The first-order chi connectivity index (χ1) is 18.0. The molecule has 0 radical (unpaired) electrons. The number of anilines is 1. The first-order valence-electron chi connectivity index (χ1n) is 12.0. The Morgan fingerprint density at radius 2 is 1.82 bits per heavy atom. The highest BCUT2D eigenvalue weighted by atomic mass is 19.4. The molecule has 1 fully saturated rings. The molecule has 0 bridgehead atoms. The molecule has 1 aliphatic carbocycles. The van der Waals surface area contributed by atoms with E-state index in [9.17, 15) is 27.2 Å². The van der Waals surface area contributed by atoms with Gasteiger partial charge in [0, 0.05) is 11.5 Å². The zero-order chi connectivity index (χ0) is 27.2. The first-order valence-corrected chi connectivity index (χ1v) is 12.0. The molecule has 2 amide bonds. The van der Waals surface area contributed by atoms with Crippen LogP contribution in [0.15, 0.2) is 48.5 Å². The fraction of sp³-hybridized carbons (Fsp3) is 0.259. The van der Waals surface area contributed by atoms with Crippen LogP contribution in [0, 0.1) is 12.7 Å². The maximum absolute atomic E-state index is 13.9. The third-order valence-electron chi connectivity index (χ3n) is 6.87. The summed E-state index contributed by atoms with van der Waals surface area (Å²) >= 11 is 0. The number of nitrogens with one attached hydrogen (secondary N) is 1. The molecule has 0 atom stereocenters. The molecule has 2 heterocycles. The predicted molar refractivity (Wildman–Crippen MR) is 132 cm³/mol. The Bertz CT molecular complexity index is 1560. The number of carbonyl (C=O) groups excluding carboxylic acids is 2. The van der Waals surface area contributed by atoms with Gasteiger partial charge >= 0.3 is 6.18 Å². The number of alkyl halides is 3. The fourth-order valence-electron chi connectivity index (χ4n) is 4.56. The monoisotopic (exact) mass is 525 g/mol. The Balaban J connectivity index is 1.47. The minimum atomic E-state index is -4.86. The van der Waals surface area contributed by atoms with Gasteiger partial charge in [0.05, 0.1) is 29.0 Å². The summed E-state index contributed by atoms with van der Waals surface area (Å²) in [6.45, 7) is 1.48. The number of hydrogen-bond acceptors (Lipinski definition) is 4. The number of primary amides is 1. The van der Waals surface area contributed by atoms with Gasteiger partial charge in [-0.05, 0) is 55.0 Å². The second kappa shape index (κ2) is 9.55. The molecule has 196 valence electrons. The second-order valence-corrected chi connectivity index (χ2v) is 9.37. The zero-order valence-corrected chi connectivity index (χ0v) is 20.3. The van der Waals surface area contributed by atoms with Crippen molar-refractivity contribution < 1.29 is 27.2 Å². The minimum Gasteiger partial charge on any atom is -0.366 e. The molecule has 2 aromatic heterocycles. The molecular weight excluding hydrogens is 502 g/mol.